The number of carbonyl (C=O) groups excluding carboxylic acids is 1. The van der Waals surface area contributed by atoms with E-state index in [9.17, 15) is 9.59 Å². The van der Waals surface area contributed by atoms with Crippen molar-refractivity contribution < 1.29 is 4.79 Å². The maximum Gasteiger partial charge on any atom is 0.262 e. The van der Waals surface area contributed by atoms with Gasteiger partial charge in [0.1, 0.15) is 0 Å². The first-order valence-corrected chi connectivity index (χ1v) is 11.6. The molecule has 0 radical (unpaired) electrons. The first-order valence-electron chi connectivity index (χ1n) is 10.2. The van der Waals surface area contributed by atoms with Crippen molar-refractivity contribution in [2.24, 2.45) is 0 Å². The van der Waals surface area contributed by atoms with Crippen LogP contribution in [0.3, 0.4) is 0 Å². The SMILES string of the molecule is N#CCSc1nc2cc(C(=O)Nc3cccc(Cl)c3)ccc2c(=O)n1C1CCCCC1. The number of rotatable bonds is 5. The summed E-state index contributed by atoms with van der Waals surface area (Å²) in [5, 5.41) is 13.4. The summed E-state index contributed by atoms with van der Waals surface area (Å²) in [6.07, 6.45) is 5.22. The number of thioether (sulfide) groups is 1. The molecule has 6 nitrogen and oxygen atoms in total. The number of fused-ring (bicyclic) bond motifs is 1. The molecule has 3 aromatic rings. The maximum absolute atomic E-state index is 13.3. The number of hydrogen-bond acceptors (Lipinski definition) is 5. The number of benzene rings is 2. The van der Waals surface area contributed by atoms with Crippen molar-refractivity contribution in [2.75, 3.05) is 11.1 Å². The van der Waals surface area contributed by atoms with E-state index in [0.29, 0.717) is 32.3 Å². The fraction of sp³-hybridized carbons (Fsp3) is 0.304. The Morgan fingerprint density at radius 3 is 2.77 bits per heavy atom. The third-order valence-electron chi connectivity index (χ3n) is 5.42. The molecule has 0 saturated heterocycles. The van der Waals surface area contributed by atoms with E-state index < -0.39 is 0 Å². The fourth-order valence-electron chi connectivity index (χ4n) is 3.95. The summed E-state index contributed by atoms with van der Waals surface area (Å²) >= 11 is 7.25. The Morgan fingerprint density at radius 1 is 1.23 bits per heavy atom. The van der Waals surface area contributed by atoms with Gasteiger partial charge in [0.05, 0.1) is 22.7 Å². The summed E-state index contributed by atoms with van der Waals surface area (Å²) in [7, 11) is 0. The third kappa shape index (κ3) is 4.76. The van der Waals surface area contributed by atoms with Crippen molar-refractivity contribution in [3.05, 3.63) is 63.4 Å². The lowest BCUT2D eigenvalue weighted by atomic mass is 9.95. The molecule has 1 N–H and O–H groups in total. The van der Waals surface area contributed by atoms with Gasteiger partial charge in [-0.3, -0.25) is 14.2 Å². The van der Waals surface area contributed by atoms with Crippen LogP contribution in [0.25, 0.3) is 10.9 Å². The van der Waals surface area contributed by atoms with Crippen LogP contribution in [0, 0.1) is 11.3 Å². The molecular weight excluding hydrogens is 432 g/mol. The van der Waals surface area contributed by atoms with Crippen molar-refractivity contribution in [3.63, 3.8) is 0 Å². The van der Waals surface area contributed by atoms with Crippen molar-refractivity contribution in [2.45, 2.75) is 43.3 Å². The van der Waals surface area contributed by atoms with Crippen molar-refractivity contribution >= 4 is 45.9 Å². The standard InChI is InChI=1S/C23H21ClN4O2S/c24-16-5-4-6-17(14-16)26-21(29)15-9-10-19-20(13-15)27-23(31-12-11-25)28(22(19)30)18-7-2-1-3-8-18/h4-6,9-10,13-14,18H,1-3,7-8,12H2,(H,26,29). The zero-order chi connectivity index (χ0) is 21.8. The zero-order valence-electron chi connectivity index (χ0n) is 16.8. The topological polar surface area (TPSA) is 87.8 Å². The normalized spacial score (nSPS) is 14.3. The van der Waals surface area contributed by atoms with Gasteiger partial charge in [0.25, 0.3) is 11.5 Å². The lowest BCUT2D eigenvalue weighted by Crippen LogP contribution is -2.29. The Balaban J connectivity index is 1.72. The number of nitriles is 1. The molecule has 1 aliphatic rings. The van der Waals surface area contributed by atoms with Crippen LogP contribution in [0.15, 0.2) is 52.4 Å². The first kappa shape index (κ1) is 21.4. The molecule has 1 aliphatic carbocycles. The van der Waals surface area contributed by atoms with Crippen LogP contribution in [0.4, 0.5) is 5.69 Å². The Hall–Kier alpha value is -2.82. The smallest absolute Gasteiger partial charge is 0.262 e. The zero-order valence-corrected chi connectivity index (χ0v) is 18.4. The monoisotopic (exact) mass is 452 g/mol. The van der Waals surface area contributed by atoms with E-state index in [4.69, 9.17) is 16.9 Å². The lowest BCUT2D eigenvalue weighted by molar-refractivity contribution is 0.102. The number of anilines is 1. The molecule has 1 aromatic heterocycles. The van der Waals surface area contributed by atoms with E-state index in [1.807, 2.05) is 0 Å². The van der Waals surface area contributed by atoms with Crippen LogP contribution in [-0.4, -0.2) is 21.2 Å². The van der Waals surface area contributed by atoms with Crippen molar-refractivity contribution in [3.8, 4) is 6.07 Å². The van der Waals surface area contributed by atoms with Gasteiger partial charge in [-0.25, -0.2) is 4.98 Å². The molecule has 1 heterocycles. The average molecular weight is 453 g/mol. The predicted molar refractivity (Wildman–Crippen MR) is 124 cm³/mol. The second-order valence-corrected chi connectivity index (χ2v) is 8.88. The van der Waals surface area contributed by atoms with Gasteiger partial charge in [-0.1, -0.05) is 48.7 Å². The van der Waals surface area contributed by atoms with E-state index in [0.717, 1.165) is 25.7 Å². The Bertz CT molecular complexity index is 1230. The number of hydrogen-bond donors (Lipinski definition) is 1. The molecule has 31 heavy (non-hydrogen) atoms. The highest BCUT2D eigenvalue weighted by atomic mass is 35.5. The quantitative estimate of drug-likeness (QED) is 0.412. The molecule has 158 valence electrons. The first-order chi connectivity index (χ1) is 15.1. The number of aromatic nitrogens is 2. The highest BCUT2D eigenvalue weighted by molar-refractivity contribution is 7.99. The number of nitrogens with zero attached hydrogens (tertiary/aromatic N) is 3. The van der Waals surface area contributed by atoms with Gasteiger partial charge in [0.15, 0.2) is 5.16 Å². The van der Waals surface area contributed by atoms with Crippen LogP contribution in [0.1, 0.15) is 48.5 Å². The molecule has 0 atom stereocenters. The van der Waals surface area contributed by atoms with Crippen LogP contribution in [0.2, 0.25) is 5.02 Å². The minimum Gasteiger partial charge on any atom is -0.322 e. The van der Waals surface area contributed by atoms with Crippen molar-refractivity contribution in [1.82, 2.24) is 9.55 Å². The van der Waals surface area contributed by atoms with E-state index in [-0.39, 0.29) is 23.3 Å². The largest absolute Gasteiger partial charge is 0.322 e. The van der Waals surface area contributed by atoms with Gasteiger partial charge >= 0.3 is 0 Å². The Kier molecular flexibility index (Phi) is 6.59. The van der Waals surface area contributed by atoms with E-state index in [1.54, 1.807) is 47.0 Å². The molecule has 1 amide bonds. The third-order valence-corrected chi connectivity index (χ3v) is 6.47. The molecule has 0 spiro atoms. The number of nitrogens with one attached hydrogen (secondary N) is 1. The highest BCUT2D eigenvalue weighted by Gasteiger charge is 2.22. The predicted octanol–water partition coefficient (Wildman–Crippen LogP) is 5.42. The van der Waals surface area contributed by atoms with Gasteiger partial charge in [-0.15, -0.1) is 0 Å². The Labute approximate surface area is 189 Å². The van der Waals surface area contributed by atoms with Crippen LogP contribution in [0.5, 0.6) is 0 Å². The molecule has 4 rings (SSSR count). The second kappa shape index (κ2) is 9.54. The van der Waals surface area contributed by atoms with Gasteiger partial charge in [0, 0.05) is 22.3 Å². The molecule has 0 bridgehead atoms. The van der Waals surface area contributed by atoms with E-state index in [2.05, 4.69) is 16.4 Å². The molecule has 2 aromatic carbocycles. The minimum atomic E-state index is -0.311. The van der Waals surface area contributed by atoms with Gasteiger partial charge in [-0.05, 0) is 49.2 Å². The molecule has 0 unspecified atom stereocenters. The van der Waals surface area contributed by atoms with Crippen LogP contribution in [-0.2, 0) is 0 Å². The summed E-state index contributed by atoms with van der Waals surface area (Å²) in [4.78, 5) is 30.7. The summed E-state index contributed by atoms with van der Waals surface area (Å²) in [6.45, 7) is 0. The van der Waals surface area contributed by atoms with E-state index in [1.165, 1.54) is 18.2 Å². The minimum absolute atomic E-state index is 0.102. The molecule has 1 saturated carbocycles. The second-order valence-electron chi connectivity index (χ2n) is 7.50. The van der Waals surface area contributed by atoms with Crippen LogP contribution < -0.4 is 10.9 Å². The number of halogens is 1. The summed E-state index contributed by atoms with van der Waals surface area (Å²) < 4.78 is 1.76. The summed E-state index contributed by atoms with van der Waals surface area (Å²) in [6, 6.07) is 14.0. The molecule has 8 heteroatoms. The highest BCUT2D eigenvalue weighted by Crippen LogP contribution is 2.31. The number of amides is 1. The van der Waals surface area contributed by atoms with E-state index >= 15 is 0 Å². The molecular formula is C23H21ClN4O2S. The average Bonchev–Trinajstić information content (AvgIpc) is 2.78. The number of carbonyl (C=O) groups is 1. The van der Waals surface area contributed by atoms with Gasteiger partial charge in [0.2, 0.25) is 0 Å². The van der Waals surface area contributed by atoms with Gasteiger partial charge in [-0.2, -0.15) is 5.26 Å². The molecule has 1 fully saturated rings. The summed E-state index contributed by atoms with van der Waals surface area (Å²) in [5.41, 5.74) is 1.32. The molecule has 0 aliphatic heterocycles. The Morgan fingerprint density at radius 2 is 2.03 bits per heavy atom. The fourth-order valence-corrected chi connectivity index (χ4v) is 4.87. The summed E-state index contributed by atoms with van der Waals surface area (Å²) in [5.74, 6) is -0.103. The van der Waals surface area contributed by atoms with Crippen LogP contribution >= 0.6 is 23.4 Å². The van der Waals surface area contributed by atoms with Gasteiger partial charge < -0.3 is 5.32 Å². The lowest BCUT2D eigenvalue weighted by Gasteiger charge is -2.26. The van der Waals surface area contributed by atoms with Crippen molar-refractivity contribution in [1.29, 1.82) is 5.26 Å². The maximum atomic E-state index is 13.3.